The summed E-state index contributed by atoms with van der Waals surface area (Å²) in [5.74, 6) is 2.05. The molecule has 0 aliphatic carbocycles. The number of allylic oxidation sites excluding steroid dienone is 1. The van der Waals surface area contributed by atoms with Crippen LogP contribution in [-0.2, 0) is 16.1 Å². The van der Waals surface area contributed by atoms with Crippen LogP contribution in [0.3, 0.4) is 0 Å². The molecular weight excluding hydrogens is 559 g/mol. The van der Waals surface area contributed by atoms with Gasteiger partial charge in [-0.05, 0) is 57.0 Å². The van der Waals surface area contributed by atoms with E-state index < -0.39 is 12.0 Å². The Morgan fingerprint density at radius 1 is 1.18 bits per heavy atom. The van der Waals surface area contributed by atoms with Crippen molar-refractivity contribution in [3.8, 4) is 11.5 Å². The van der Waals surface area contributed by atoms with E-state index in [4.69, 9.17) is 42.5 Å². The number of unbranched alkanes of at least 4 members (excludes halogenated alkanes) is 1. The molecule has 0 amide bonds. The minimum atomic E-state index is -0.582. The number of aromatic nitrogens is 3. The summed E-state index contributed by atoms with van der Waals surface area (Å²) in [6.45, 7) is 7.80. The molecule has 3 aromatic rings. The summed E-state index contributed by atoms with van der Waals surface area (Å²) in [6.07, 6.45) is 1.87. The maximum absolute atomic E-state index is 13.3. The number of hydrogen-bond donors (Lipinski definition) is 1. The number of rotatable bonds is 11. The summed E-state index contributed by atoms with van der Waals surface area (Å²) in [7, 11) is 1.56. The van der Waals surface area contributed by atoms with Crippen LogP contribution in [0.4, 0.5) is 5.95 Å². The number of ether oxygens (including phenoxy) is 3. The Morgan fingerprint density at radius 2 is 1.92 bits per heavy atom. The van der Waals surface area contributed by atoms with E-state index in [0.29, 0.717) is 49.5 Å². The monoisotopic (exact) mass is 590 g/mol. The molecule has 1 atom stereocenters. The molecule has 8 nitrogen and oxygen atoms in total. The normalized spacial score (nSPS) is 14.7. The lowest BCUT2D eigenvalue weighted by Gasteiger charge is -2.29. The van der Waals surface area contributed by atoms with E-state index in [-0.39, 0.29) is 12.7 Å². The van der Waals surface area contributed by atoms with Gasteiger partial charge in [0.25, 0.3) is 0 Å². The van der Waals surface area contributed by atoms with Crippen LogP contribution in [0, 0.1) is 0 Å². The highest BCUT2D eigenvalue weighted by Gasteiger charge is 2.36. The van der Waals surface area contributed by atoms with Gasteiger partial charge < -0.3 is 19.5 Å². The number of nitrogens with zero attached hydrogens (tertiary/aromatic N) is 3. The van der Waals surface area contributed by atoms with E-state index in [1.807, 2.05) is 32.9 Å². The molecule has 1 aromatic heterocycles. The molecule has 0 fully saturated rings. The lowest BCUT2D eigenvalue weighted by Crippen LogP contribution is -2.30. The number of benzene rings is 2. The highest BCUT2D eigenvalue weighted by atomic mass is 35.5. The molecule has 0 saturated heterocycles. The van der Waals surface area contributed by atoms with Crippen molar-refractivity contribution in [2.24, 2.45) is 0 Å². The molecule has 1 unspecified atom stereocenters. The molecule has 1 aliphatic heterocycles. The average molecular weight is 592 g/mol. The standard InChI is InChI=1S/C28H32Cl2N4O4S/c1-6-7-13-39-28-32-27-31-17(4)24(26(35)38-16(2)3)25(34(27)33-28)18-11-12-22(23(14-18)36-5)37-15-19-20(29)9-8-10-21(19)30/h8-12,14,16,25H,6-7,13,15H2,1-5H3,(H,31,32,33). The topological polar surface area (TPSA) is 87.5 Å². The van der Waals surface area contributed by atoms with E-state index in [2.05, 4.69) is 17.2 Å². The smallest absolute Gasteiger partial charge is 0.338 e. The van der Waals surface area contributed by atoms with Gasteiger partial charge in [-0.1, -0.05) is 60.4 Å². The fraction of sp³-hybridized carbons (Fsp3) is 0.393. The number of thioether (sulfide) groups is 1. The van der Waals surface area contributed by atoms with Gasteiger partial charge in [0, 0.05) is 27.1 Å². The van der Waals surface area contributed by atoms with Gasteiger partial charge in [0.1, 0.15) is 12.6 Å². The number of esters is 1. The van der Waals surface area contributed by atoms with Crippen molar-refractivity contribution < 1.29 is 19.0 Å². The molecule has 11 heteroatoms. The van der Waals surface area contributed by atoms with Crippen molar-refractivity contribution in [2.45, 2.75) is 64.4 Å². The van der Waals surface area contributed by atoms with Crippen molar-refractivity contribution >= 4 is 46.9 Å². The van der Waals surface area contributed by atoms with Crippen molar-refractivity contribution in [3.05, 3.63) is 68.8 Å². The van der Waals surface area contributed by atoms with Gasteiger partial charge in [0.05, 0.1) is 18.8 Å². The molecule has 0 spiro atoms. The molecule has 1 aliphatic rings. The summed E-state index contributed by atoms with van der Waals surface area (Å²) in [4.78, 5) is 18.0. The summed E-state index contributed by atoms with van der Waals surface area (Å²) in [6, 6.07) is 10.3. The van der Waals surface area contributed by atoms with Crippen LogP contribution < -0.4 is 14.8 Å². The minimum Gasteiger partial charge on any atom is -0.493 e. The average Bonchev–Trinajstić information content (AvgIpc) is 3.29. The van der Waals surface area contributed by atoms with E-state index in [1.165, 1.54) is 0 Å². The number of hydrogen-bond acceptors (Lipinski definition) is 8. The summed E-state index contributed by atoms with van der Waals surface area (Å²) >= 11 is 14.2. The van der Waals surface area contributed by atoms with Crippen molar-refractivity contribution in [3.63, 3.8) is 0 Å². The van der Waals surface area contributed by atoms with Crippen LogP contribution in [-0.4, -0.2) is 39.7 Å². The molecule has 2 aromatic carbocycles. The first-order chi connectivity index (χ1) is 18.7. The molecular formula is C28H32Cl2N4O4S. The molecule has 1 N–H and O–H groups in total. The van der Waals surface area contributed by atoms with Gasteiger partial charge in [0.15, 0.2) is 11.5 Å². The van der Waals surface area contributed by atoms with Crippen LogP contribution in [0.25, 0.3) is 0 Å². The number of carbonyl (C=O) groups excluding carboxylic acids is 1. The predicted octanol–water partition coefficient (Wildman–Crippen LogP) is 7.31. The summed E-state index contributed by atoms with van der Waals surface area (Å²) in [5, 5.41) is 9.69. The zero-order chi connectivity index (χ0) is 28.1. The van der Waals surface area contributed by atoms with E-state index in [9.17, 15) is 4.79 Å². The van der Waals surface area contributed by atoms with E-state index >= 15 is 0 Å². The third-order valence-electron chi connectivity index (χ3n) is 6.06. The number of anilines is 1. The van der Waals surface area contributed by atoms with Gasteiger partial charge >= 0.3 is 5.97 Å². The minimum absolute atomic E-state index is 0.165. The Balaban J connectivity index is 1.71. The number of nitrogens with one attached hydrogen (secondary N) is 1. The summed E-state index contributed by atoms with van der Waals surface area (Å²) < 4.78 is 19.1. The zero-order valence-corrected chi connectivity index (χ0v) is 24.9. The predicted molar refractivity (Wildman–Crippen MR) is 155 cm³/mol. The number of halogens is 2. The van der Waals surface area contributed by atoms with Crippen LogP contribution in [0.2, 0.25) is 10.0 Å². The Bertz CT molecular complexity index is 1360. The lowest BCUT2D eigenvalue weighted by atomic mass is 9.95. The van der Waals surface area contributed by atoms with Crippen LogP contribution in [0.5, 0.6) is 11.5 Å². The van der Waals surface area contributed by atoms with Gasteiger partial charge in [0.2, 0.25) is 11.1 Å². The van der Waals surface area contributed by atoms with E-state index in [1.54, 1.807) is 47.8 Å². The SMILES string of the molecule is CCCCSc1nc2n(n1)C(c1ccc(OCc3c(Cl)cccc3Cl)c(OC)c1)C(C(=O)OC(C)C)=C(C)N2. The second kappa shape index (κ2) is 13.0. The van der Waals surface area contributed by atoms with E-state index in [0.717, 1.165) is 24.2 Å². The van der Waals surface area contributed by atoms with Gasteiger partial charge in [-0.3, -0.25) is 0 Å². The van der Waals surface area contributed by atoms with Crippen LogP contribution in [0.1, 0.15) is 57.7 Å². The van der Waals surface area contributed by atoms with Crippen molar-refractivity contribution in [1.29, 1.82) is 0 Å². The summed E-state index contributed by atoms with van der Waals surface area (Å²) in [5.41, 5.74) is 2.55. The second-order valence-electron chi connectivity index (χ2n) is 9.28. The Kier molecular flexibility index (Phi) is 9.69. The molecule has 208 valence electrons. The van der Waals surface area contributed by atoms with Crippen LogP contribution >= 0.6 is 35.0 Å². The van der Waals surface area contributed by atoms with Crippen molar-refractivity contribution in [1.82, 2.24) is 14.8 Å². The molecule has 0 bridgehead atoms. The third kappa shape index (κ3) is 6.65. The van der Waals surface area contributed by atoms with Gasteiger partial charge in [-0.25, -0.2) is 9.48 Å². The van der Waals surface area contributed by atoms with Crippen LogP contribution in [0.15, 0.2) is 52.8 Å². The molecule has 2 heterocycles. The zero-order valence-electron chi connectivity index (χ0n) is 22.6. The molecule has 39 heavy (non-hydrogen) atoms. The highest BCUT2D eigenvalue weighted by molar-refractivity contribution is 7.99. The maximum atomic E-state index is 13.3. The fourth-order valence-corrected chi connectivity index (χ4v) is 5.56. The largest absolute Gasteiger partial charge is 0.493 e. The quantitative estimate of drug-likeness (QED) is 0.141. The van der Waals surface area contributed by atoms with Crippen molar-refractivity contribution in [2.75, 3.05) is 18.2 Å². The Hall–Kier alpha value is -2.88. The molecule has 0 radical (unpaired) electrons. The molecule has 4 rings (SSSR count). The second-order valence-corrected chi connectivity index (χ2v) is 11.2. The number of methoxy groups -OCH3 is 1. The molecule has 0 saturated carbocycles. The fourth-order valence-electron chi connectivity index (χ4n) is 4.14. The third-order valence-corrected chi connectivity index (χ3v) is 7.69. The maximum Gasteiger partial charge on any atom is 0.338 e. The first-order valence-electron chi connectivity index (χ1n) is 12.7. The highest BCUT2D eigenvalue weighted by Crippen LogP contribution is 2.40. The number of fused-ring (bicyclic) bond motifs is 1. The van der Waals surface area contributed by atoms with Gasteiger partial charge in [-0.15, -0.1) is 5.10 Å². The Labute approximate surface area is 243 Å². The Morgan fingerprint density at radius 3 is 2.59 bits per heavy atom. The first-order valence-corrected chi connectivity index (χ1v) is 14.5. The van der Waals surface area contributed by atoms with Gasteiger partial charge in [-0.2, -0.15) is 4.98 Å². The first kappa shape index (κ1) is 29.1. The lowest BCUT2D eigenvalue weighted by molar-refractivity contribution is -0.143. The number of carbonyl (C=O) groups is 1.